The molecule has 1 aromatic heterocycles. The molecule has 1 rings (SSSR count). The number of thioether (sulfide) groups is 1. The lowest BCUT2D eigenvalue weighted by molar-refractivity contribution is 0.507. The molecule has 0 saturated heterocycles. The van der Waals surface area contributed by atoms with Crippen LogP contribution in [0.3, 0.4) is 0 Å². The van der Waals surface area contributed by atoms with Crippen molar-refractivity contribution in [2.75, 3.05) is 0 Å². The molecule has 11 heavy (non-hydrogen) atoms. The van der Waals surface area contributed by atoms with E-state index in [0.29, 0.717) is 10.4 Å². The van der Waals surface area contributed by atoms with E-state index in [9.17, 15) is 0 Å². The summed E-state index contributed by atoms with van der Waals surface area (Å²) in [5.41, 5.74) is 5.14. The topological polar surface area (TPSA) is 63.0 Å². The van der Waals surface area contributed by atoms with Crippen molar-refractivity contribution in [2.45, 2.75) is 5.75 Å². The van der Waals surface area contributed by atoms with Crippen LogP contribution >= 0.6 is 27.7 Å². The highest BCUT2D eigenvalue weighted by Gasteiger charge is 1.99. The number of hydrogen-bond donors (Lipinski definition) is 2. The lowest BCUT2D eigenvalue weighted by atomic mass is 10.5. The minimum atomic E-state index is 0.109. The molecule has 0 fully saturated rings. The predicted octanol–water partition coefficient (Wildman–Crippen LogP) is 2.17. The molecule has 5 heteroatoms. The monoisotopic (exact) mass is 234 g/mol. The summed E-state index contributed by atoms with van der Waals surface area (Å²) in [4.78, 5) is 0. The van der Waals surface area contributed by atoms with E-state index in [0.717, 1.165) is 5.76 Å². The summed E-state index contributed by atoms with van der Waals surface area (Å²) >= 11 is 4.42. The van der Waals surface area contributed by atoms with Gasteiger partial charge >= 0.3 is 0 Å². The number of furan rings is 1. The first kappa shape index (κ1) is 8.67. The summed E-state index contributed by atoms with van der Waals surface area (Å²) in [6, 6.07) is 3.66. The van der Waals surface area contributed by atoms with Crippen molar-refractivity contribution in [3.05, 3.63) is 22.6 Å². The van der Waals surface area contributed by atoms with Crippen molar-refractivity contribution in [2.24, 2.45) is 5.73 Å². The maximum Gasteiger partial charge on any atom is 0.169 e. The third-order valence-electron chi connectivity index (χ3n) is 0.999. The van der Waals surface area contributed by atoms with Gasteiger partial charge in [0.15, 0.2) is 9.84 Å². The highest BCUT2D eigenvalue weighted by Crippen LogP contribution is 2.18. The molecule has 0 unspecified atom stereocenters. The zero-order valence-corrected chi connectivity index (χ0v) is 8.04. The molecule has 0 amide bonds. The van der Waals surface area contributed by atoms with Gasteiger partial charge < -0.3 is 10.2 Å². The second-order valence-corrected chi connectivity index (χ2v) is 3.66. The van der Waals surface area contributed by atoms with Crippen LogP contribution in [-0.4, -0.2) is 5.17 Å². The number of nitrogens with one attached hydrogen (secondary N) is 1. The van der Waals surface area contributed by atoms with E-state index in [1.165, 1.54) is 11.8 Å². The lowest BCUT2D eigenvalue weighted by Gasteiger charge is -1.93. The molecule has 0 aliphatic rings. The molecular weight excluding hydrogens is 228 g/mol. The van der Waals surface area contributed by atoms with Crippen LogP contribution < -0.4 is 5.73 Å². The van der Waals surface area contributed by atoms with Crippen molar-refractivity contribution < 1.29 is 4.42 Å². The Balaban J connectivity index is 2.45. The van der Waals surface area contributed by atoms with Crippen LogP contribution in [0.1, 0.15) is 5.76 Å². The molecule has 3 nitrogen and oxygen atoms in total. The lowest BCUT2D eigenvalue weighted by Crippen LogP contribution is -2.03. The maximum atomic E-state index is 6.94. The number of rotatable bonds is 2. The van der Waals surface area contributed by atoms with Gasteiger partial charge in [0.2, 0.25) is 0 Å². The second-order valence-electron chi connectivity index (χ2n) is 1.86. The summed E-state index contributed by atoms with van der Waals surface area (Å²) in [5, 5.41) is 7.05. The molecule has 0 bridgehead atoms. The van der Waals surface area contributed by atoms with E-state index in [1.807, 2.05) is 12.1 Å². The van der Waals surface area contributed by atoms with Gasteiger partial charge in [-0.1, -0.05) is 11.8 Å². The summed E-state index contributed by atoms with van der Waals surface area (Å²) in [6.07, 6.45) is 0. The van der Waals surface area contributed by atoms with Crippen molar-refractivity contribution >= 4 is 32.9 Å². The van der Waals surface area contributed by atoms with Crippen molar-refractivity contribution in [1.82, 2.24) is 0 Å². The Labute approximate surface area is 77.0 Å². The van der Waals surface area contributed by atoms with Gasteiger partial charge in [-0.25, -0.2) is 0 Å². The Morgan fingerprint density at radius 1 is 1.73 bits per heavy atom. The van der Waals surface area contributed by atoms with Gasteiger partial charge in [-0.2, -0.15) is 0 Å². The van der Waals surface area contributed by atoms with Crippen LogP contribution in [0.5, 0.6) is 0 Å². The molecular formula is C6H7BrN2OS. The van der Waals surface area contributed by atoms with Gasteiger partial charge in [-0.3, -0.25) is 5.41 Å². The van der Waals surface area contributed by atoms with E-state index in [-0.39, 0.29) is 5.17 Å². The number of hydrogen-bond acceptors (Lipinski definition) is 3. The van der Waals surface area contributed by atoms with Crippen LogP contribution in [0.4, 0.5) is 0 Å². The fourth-order valence-electron chi connectivity index (χ4n) is 0.578. The zero-order chi connectivity index (χ0) is 8.27. The highest BCUT2D eigenvalue weighted by molar-refractivity contribution is 9.10. The average Bonchev–Trinajstić information content (AvgIpc) is 2.31. The first-order valence-corrected chi connectivity index (χ1v) is 4.67. The van der Waals surface area contributed by atoms with Crippen LogP contribution in [0.2, 0.25) is 0 Å². The summed E-state index contributed by atoms with van der Waals surface area (Å²) in [5.74, 6) is 1.43. The van der Waals surface area contributed by atoms with Crippen LogP contribution in [-0.2, 0) is 5.75 Å². The molecule has 0 atom stereocenters. The van der Waals surface area contributed by atoms with Crippen molar-refractivity contribution in [3.8, 4) is 0 Å². The van der Waals surface area contributed by atoms with Gasteiger partial charge in [0.25, 0.3) is 0 Å². The first-order valence-electron chi connectivity index (χ1n) is 2.89. The summed E-state index contributed by atoms with van der Waals surface area (Å²) < 4.78 is 5.88. The number of nitrogens with two attached hydrogens (primary N) is 1. The average molecular weight is 235 g/mol. The van der Waals surface area contributed by atoms with Crippen LogP contribution in [0.15, 0.2) is 21.2 Å². The Morgan fingerprint density at radius 2 is 2.45 bits per heavy atom. The smallest absolute Gasteiger partial charge is 0.169 e. The minimum absolute atomic E-state index is 0.109. The SMILES string of the molecule is N=C(N)SCc1ccc(Br)o1. The fraction of sp³-hybridized carbons (Fsp3) is 0.167. The van der Waals surface area contributed by atoms with Crippen LogP contribution in [0.25, 0.3) is 0 Å². The molecule has 3 N–H and O–H groups in total. The Kier molecular flexibility index (Phi) is 3.02. The highest BCUT2D eigenvalue weighted by atomic mass is 79.9. The molecule has 0 spiro atoms. The minimum Gasteiger partial charge on any atom is -0.453 e. The van der Waals surface area contributed by atoms with Gasteiger partial charge in [0.05, 0.1) is 5.75 Å². The third-order valence-corrected chi connectivity index (χ3v) is 2.16. The zero-order valence-electron chi connectivity index (χ0n) is 5.63. The second kappa shape index (κ2) is 3.82. The van der Waals surface area contributed by atoms with E-state index < -0.39 is 0 Å². The van der Waals surface area contributed by atoms with Gasteiger partial charge in [0, 0.05) is 0 Å². The quantitative estimate of drug-likeness (QED) is 0.609. The molecule has 0 aliphatic carbocycles. The van der Waals surface area contributed by atoms with Gasteiger partial charge in [-0.15, -0.1) is 0 Å². The summed E-state index contributed by atoms with van der Waals surface area (Å²) in [7, 11) is 0. The van der Waals surface area contributed by atoms with Crippen molar-refractivity contribution in [1.29, 1.82) is 5.41 Å². The van der Waals surface area contributed by atoms with Gasteiger partial charge in [-0.05, 0) is 28.1 Å². The van der Waals surface area contributed by atoms with Crippen LogP contribution in [0, 0.1) is 5.41 Å². The van der Waals surface area contributed by atoms with Crippen molar-refractivity contribution in [3.63, 3.8) is 0 Å². The maximum absolute atomic E-state index is 6.94. The van der Waals surface area contributed by atoms with Gasteiger partial charge in [0.1, 0.15) is 5.76 Å². The predicted molar refractivity (Wildman–Crippen MR) is 49.6 cm³/mol. The Hall–Kier alpha value is -0.420. The molecule has 60 valence electrons. The molecule has 0 aromatic carbocycles. The normalized spacial score (nSPS) is 9.91. The molecule has 1 aromatic rings. The summed E-state index contributed by atoms with van der Waals surface area (Å²) in [6.45, 7) is 0. The third kappa shape index (κ3) is 2.98. The number of amidine groups is 1. The number of halogens is 1. The fourth-order valence-corrected chi connectivity index (χ4v) is 1.37. The largest absolute Gasteiger partial charge is 0.453 e. The molecule has 0 saturated carbocycles. The van der Waals surface area contributed by atoms with E-state index in [4.69, 9.17) is 15.6 Å². The Morgan fingerprint density at radius 3 is 2.91 bits per heavy atom. The molecule has 1 heterocycles. The molecule has 0 radical (unpaired) electrons. The molecule has 0 aliphatic heterocycles. The Bertz CT molecular complexity index is 261. The van der Waals surface area contributed by atoms with E-state index >= 15 is 0 Å². The standard InChI is InChI=1S/C6H7BrN2OS/c7-5-2-1-4(10-5)3-11-6(8)9/h1-2H,3H2,(H3,8,9). The van der Waals surface area contributed by atoms with E-state index in [1.54, 1.807) is 0 Å². The first-order chi connectivity index (χ1) is 5.18. The van der Waals surface area contributed by atoms with E-state index in [2.05, 4.69) is 15.9 Å².